The highest BCUT2D eigenvalue weighted by Gasteiger charge is 2.29. The highest BCUT2D eigenvalue weighted by Crippen LogP contribution is 2.26. The van der Waals surface area contributed by atoms with Crippen molar-refractivity contribution in [1.29, 1.82) is 0 Å². The topological polar surface area (TPSA) is 68.7 Å². The zero-order valence-electron chi connectivity index (χ0n) is 17.0. The summed E-state index contributed by atoms with van der Waals surface area (Å²) in [5.74, 6) is 0.597. The molecule has 0 unspecified atom stereocenters. The first-order valence-electron chi connectivity index (χ1n) is 10.4. The molecule has 3 aromatic rings. The summed E-state index contributed by atoms with van der Waals surface area (Å²) in [6.45, 7) is 1.13. The number of pyridine rings is 1. The average molecular weight is 414 g/mol. The minimum atomic E-state index is -0.211. The van der Waals surface area contributed by atoms with E-state index in [1.165, 1.54) is 6.08 Å². The maximum atomic E-state index is 12.4. The molecule has 0 atom stereocenters. The second-order valence-corrected chi connectivity index (χ2v) is 7.81. The van der Waals surface area contributed by atoms with Crippen LogP contribution in [0.2, 0.25) is 0 Å². The van der Waals surface area contributed by atoms with Crippen LogP contribution >= 0.6 is 0 Å². The van der Waals surface area contributed by atoms with E-state index < -0.39 is 0 Å². The number of ether oxygens (including phenoxy) is 2. The van der Waals surface area contributed by atoms with Crippen molar-refractivity contribution < 1.29 is 19.1 Å². The lowest BCUT2D eigenvalue weighted by atomic mass is 10.0. The Labute approximate surface area is 180 Å². The molecule has 6 heteroatoms. The lowest BCUT2D eigenvalue weighted by molar-refractivity contribution is -0.132. The number of ketones is 1. The fourth-order valence-corrected chi connectivity index (χ4v) is 3.98. The Morgan fingerprint density at radius 1 is 1.03 bits per heavy atom. The Morgan fingerprint density at radius 3 is 2.55 bits per heavy atom. The van der Waals surface area contributed by atoms with Gasteiger partial charge >= 0.3 is 0 Å². The van der Waals surface area contributed by atoms with E-state index in [1.807, 2.05) is 48.7 Å². The third-order valence-corrected chi connectivity index (χ3v) is 5.68. The largest absolute Gasteiger partial charge is 0.490 e. The van der Waals surface area contributed by atoms with Crippen LogP contribution in [0.5, 0.6) is 5.75 Å². The number of amides is 1. The second-order valence-electron chi connectivity index (χ2n) is 7.81. The van der Waals surface area contributed by atoms with Gasteiger partial charge in [0.2, 0.25) is 0 Å². The van der Waals surface area contributed by atoms with Gasteiger partial charge in [-0.3, -0.25) is 14.6 Å². The SMILES string of the molecule is O=C1C=C(C(=O)N2CCC(Oc3ccc(-c4cnc5ccccc5c4)cc3)CC2)OC1. The summed E-state index contributed by atoms with van der Waals surface area (Å²) in [6.07, 6.45) is 4.71. The van der Waals surface area contributed by atoms with E-state index in [1.54, 1.807) is 4.90 Å². The first-order chi connectivity index (χ1) is 15.2. The quantitative estimate of drug-likeness (QED) is 0.650. The Hall–Kier alpha value is -3.67. The number of carbonyl (C=O) groups excluding carboxylic acids is 2. The number of hydrogen-bond acceptors (Lipinski definition) is 5. The van der Waals surface area contributed by atoms with Gasteiger partial charge in [0.05, 0.1) is 5.52 Å². The van der Waals surface area contributed by atoms with Crippen molar-refractivity contribution in [2.45, 2.75) is 18.9 Å². The fraction of sp³-hybridized carbons (Fsp3) is 0.240. The molecule has 3 heterocycles. The van der Waals surface area contributed by atoms with Crippen molar-refractivity contribution in [2.24, 2.45) is 0 Å². The normalized spacial score (nSPS) is 16.8. The molecule has 5 rings (SSSR count). The third-order valence-electron chi connectivity index (χ3n) is 5.68. The van der Waals surface area contributed by atoms with Gasteiger partial charge in [0.15, 0.2) is 18.1 Å². The van der Waals surface area contributed by atoms with Crippen molar-refractivity contribution in [3.05, 3.63) is 72.6 Å². The van der Waals surface area contributed by atoms with Gasteiger partial charge in [-0.15, -0.1) is 0 Å². The minimum Gasteiger partial charge on any atom is -0.490 e. The molecule has 2 aliphatic rings. The van der Waals surface area contributed by atoms with E-state index in [2.05, 4.69) is 17.1 Å². The van der Waals surface area contributed by atoms with Crippen LogP contribution in [0.25, 0.3) is 22.0 Å². The molecule has 156 valence electrons. The van der Waals surface area contributed by atoms with Crippen LogP contribution in [0.1, 0.15) is 12.8 Å². The molecular formula is C25H22N2O4. The predicted molar refractivity (Wildman–Crippen MR) is 116 cm³/mol. The van der Waals surface area contributed by atoms with Crippen molar-refractivity contribution >= 4 is 22.6 Å². The molecule has 1 fully saturated rings. The lowest BCUT2D eigenvalue weighted by Gasteiger charge is -2.32. The number of rotatable bonds is 4. The highest BCUT2D eigenvalue weighted by molar-refractivity contribution is 6.03. The molecule has 6 nitrogen and oxygen atoms in total. The second kappa shape index (κ2) is 8.22. The van der Waals surface area contributed by atoms with E-state index in [0.717, 1.165) is 40.6 Å². The summed E-state index contributed by atoms with van der Waals surface area (Å²) in [5, 5.41) is 1.12. The Kier molecular flexibility index (Phi) is 5.12. The number of para-hydroxylation sites is 1. The Morgan fingerprint density at radius 2 is 1.81 bits per heavy atom. The molecule has 0 aliphatic carbocycles. The number of aromatic nitrogens is 1. The van der Waals surface area contributed by atoms with Crippen LogP contribution in [0.4, 0.5) is 0 Å². The summed E-state index contributed by atoms with van der Waals surface area (Å²) in [4.78, 5) is 29.9. The molecule has 0 spiro atoms. The number of nitrogens with zero attached hydrogens (tertiary/aromatic N) is 2. The molecule has 0 N–H and O–H groups in total. The molecule has 0 radical (unpaired) electrons. The van der Waals surface area contributed by atoms with Crippen LogP contribution in [0.15, 0.2) is 72.6 Å². The van der Waals surface area contributed by atoms with Gasteiger partial charge in [-0.1, -0.05) is 30.3 Å². The van der Waals surface area contributed by atoms with Crippen LogP contribution in [0, 0.1) is 0 Å². The van der Waals surface area contributed by atoms with Crippen LogP contribution in [-0.2, 0) is 14.3 Å². The smallest absolute Gasteiger partial charge is 0.289 e. The standard InChI is InChI=1S/C25H22N2O4/c28-20-14-24(30-16-20)25(29)27-11-9-22(10-12-27)31-21-7-5-17(6-8-21)19-13-18-3-1-2-4-23(18)26-15-19/h1-8,13-15,22H,9-12,16H2. The van der Waals surface area contributed by atoms with Crippen LogP contribution < -0.4 is 4.74 Å². The Balaban J connectivity index is 1.19. The number of fused-ring (bicyclic) bond motifs is 1. The maximum Gasteiger partial charge on any atom is 0.289 e. The monoisotopic (exact) mass is 414 g/mol. The molecule has 1 saturated heterocycles. The molecular weight excluding hydrogens is 392 g/mol. The molecule has 1 amide bonds. The number of hydrogen-bond donors (Lipinski definition) is 0. The van der Waals surface area contributed by atoms with E-state index in [4.69, 9.17) is 9.47 Å². The molecule has 0 bridgehead atoms. The van der Waals surface area contributed by atoms with Crippen LogP contribution in [0.3, 0.4) is 0 Å². The molecule has 2 aliphatic heterocycles. The van der Waals surface area contributed by atoms with Gasteiger partial charge in [0.25, 0.3) is 5.91 Å². The Bertz CT molecular complexity index is 1160. The van der Waals surface area contributed by atoms with Crippen molar-refractivity contribution in [3.8, 4) is 16.9 Å². The zero-order valence-corrected chi connectivity index (χ0v) is 17.0. The van der Waals surface area contributed by atoms with Gasteiger partial charge in [0, 0.05) is 49.2 Å². The van der Waals surface area contributed by atoms with Gasteiger partial charge in [-0.2, -0.15) is 0 Å². The van der Waals surface area contributed by atoms with E-state index in [0.29, 0.717) is 13.1 Å². The summed E-state index contributed by atoms with van der Waals surface area (Å²) in [7, 11) is 0. The molecule has 31 heavy (non-hydrogen) atoms. The number of carbonyl (C=O) groups is 2. The first-order valence-corrected chi connectivity index (χ1v) is 10.4. The highest BCUT2D eigenvalue weighted by atomic mass is 16.5. The van der Waals surface area contributed by atoms with E-state index in [9.17, 15) is 9.59 Å². The molecule has 2 aromatic carbocycles. The summed E-state index contributed by atoms with van der Waals surface area (Å²) < 4.78 is 11.3. The van der Waals surface area contributed by atoms with Gasteiger partial charge < -0.3 is 14.4 Å². The number of likely N-dealkylation sites (tertiary alicyclic amines) is 1. The van der Waals surface area contributed by atoms with Gasteiger partial charge in [-0.25, -0.2) is 0 Å². The minimum absolute atomic E-state index is 0.0358. The summed E-state index contributed by atoms with van der Waals surface area (Å²) >= 11 is 0. The van der Waals surface area contributed by atoms with Crippen molar-refractivity contribution in [2.75, 3.05) is 19.7 Å². The predicted octanol–water partition coefficient (Wildman–Crippen LogP) is 3.75. The number of piperidine rings is 1. The lowest BCUT2D eigenvalue weighted by Crippen LogP contribution is -2.42. The first kappa shape index (κ1) is 19.3. The molecule has 1 aromatic heterocycles. The summed E-state index contributed by atoms with van der Waals surface area (Å²) in [6, 6.07) is 18.3. The molecule has 0 saturated carbocycles. The van der Waals surface area contributed by atoms with Crippen molar-refractivity contribution in [3.63, 3.8) is 0 Å². The zero-order chi connectivity index (χ0) is 21.2. The fourth-order valence-electron chi connectivity index (χ4n) is 3.98. The summed E-state index contributed by atoms with van der Waals surface area (Å²) in [5.41, 5.74) is 3.14. The number of benzene rings is 2. The van der Waals surface area contributed by atoms with Gasteiger partial charge in [-0.05, 0) is 29.8 Å². The average Bonchev–Trinajstić information content (AvgIpc) is 3.25. The van der Waals surface area contributed by atoms with Gasteiger partial charge in [0.1, 0.15) is 11.9 Å². The van der Waals surface area contributed by atoms with Crippen molar-refractivity contribution in [1.82, 2.24) is 9.88 Å². The maximum absolute atomic E-state index is 12.4. The third kappa shape index (κ3) is 4.14. The van der Waals surface area contributed by atoms with Crippen LogP contribution in [-0.4, -0.2) is 47.4 Å². The van der Waals surface area contributed by atoms with E-state index >= 15 is 0 Å². The van der Waals surface area contributed by atoms with E-state index in [-0.39, 0.29) is 30.2 Å².